The molecule has 1 atom stereocenters. The molecule has 2 rings (SSSR count). The van der Waals surface area contributed by atoms with Crippen LogP contribution < -0.4 is 0 Å². The Labute approximate surface area is 110 Å². The number of aromatic nitrogens is 2. The topological polar surface area (TPSA) is 56.0 Å². The lowest BCUT2D eigenvalue weighted by atomic mass is 10.1. The highest BCUT2D eigenvalue weighted by molar-refractivity contribution is 5.83. The molecular formula is C14H15FN2O2. The third kappa shape index (κ3) is 3.24. The summed E-state index contributed by atoms with van der Waals surface area (Å²) in [5.41, 5.74) is 0.892. The second kappa shape index (κ2) is 5.73. The Bertz CT molecular complexity index is 563. The lowest BCUT2D eigenvalue weighted by molar-refractivity contribution is -0.120. The number of carbonyl (C=O) groups is 1. The molecule has 0 spiro atoms. The summed E-state index contributed by atoms with van der Waals surface area (Å²) in [4.78, 5) is 15.8. The summed E-state index contributed by atoms with van der Waals surface area (Å²) in [6, 6.07) is 6.12. The van der Waals surface area contributed by atoms with Crippen molar-refractivity contribution in [3.63, 3.8) is 0 Å². The minimum atomic E-state index is -0.375. The highest BCUT2D eigenvalue weighted by atomic mass is 19.1. The second-order valence-corrected chi connectivity index (χ2v) is 4.39. The minimum absolute atomic E-state index is 0.0667. The van der Waals surface area contributed by atoms with Crippen LogP contribution in [0.1, 0.15) is 43.5 Å². The van der Waals surface area contributed by atoms with Gasteiger partial charge in [-0.3, -0.25) is 4.79 Å². The zero-order chi connectivity index (χ0) is 13.8. The van der Waals surface area contributed by atoms with E-state index in [-0.39, 0.29) is 17.5 Å². The van der Waals surface area contributed by atoms with Crippen molar-refractivity contribution in [1.29, 1.82) is 0 Å². The number of rotatable bonds is 5. The molecule has 0 aliphatic rings. The molecule has 5 heteroatoms. The maximum Gasteiger partial charge on any atom is 0.236 e. The van der Waals surface area contributed by atoms with Gasteiger partial charge in [0.2, 0.25) is 5.89 Å². The summed E-state index contributed by atoms with van der Waals surface area (Å²) in [6.45, 7) is 3.55. The van der Waals surface area contributed by atoms with E-state index < -0.39 is 0 Å². The summed E-state index contributed by atoms with van der Waals surface area (Å²) < 4.78 is 17.9. The monoisotopic (exact) mass is 262 g/mol. The Morgan fingerprint density at radius 1 is 1.37 bits per heavy atom. The van der Waals surface area contributed by atoms with Gasteiger partial charge in [-0.15, -0.1) is 0 Å². The quantitative estimate of drug-likeness (QED) is 0.831. The molecule has 4 nitrogen and oxygen atoms in total. The molecule has 0 aliphatic heterocycles. The smallest absolute Gasteiger partial charge is 0.236 e. The van der Waals surface area contributed by atoms with Crippen LogP contribution >= 0.6 is 0 Å². The molecule has 2 aromatic rings. The standard InChI is InChI=1S/C14H15FN2O2/c1-3-12(18)9(2)14-16-13(17-19-14)8-10-4-6-11(15)7-5-10/h4-7,9H,3,8H2,1-2H3. The third-order valence-electron chi connectivity index (χ3n) is 2.96. The van der Waals surface area contributed by atoms with Crippen molar-refractivity contribution in [3.8, 4) is 0 Å². The zero-order valence-electron chi connectivity index (χ0n) is 10.9. The van der Waals surface area contributed by atoms with Gasteiger partial charge in [-0.05, 0) is 24.6 Å². The first kappa shape index (κ1) is 13.4. The first-order valence-corrected chi connectivity index (χ1v) is 6.19. The number of ketones is 1. The predicted molar refractivity (Wildman–Crippen MR) is 67.2 cm³/mol. The van der Waals surface area contributed by atoms with Crippen molar-refractivity contribution in [2.24, 2.45) is 0 Å². The van der Waals surface area contributed by atoms with Crippen molar-refractivity contribution < 1.29 is 13.7 Å². The lowest BCUT2D eigenvalue weighted by Gasteiger charge is -2.01. The highest BCUT2D eigenvalue weighted by Crippen LogP contribution is 2.16. The van der Waals surface area contributed by atoms with E-state index in [4.69, 9.17) is 4.52 Å². The lowest BCUT2D eigenvalue weighted by Crippen LogP contribution is -2.07. The summed E-state index contributed by atoms with van der Waals surface area (Å²) in [5, 5.41) is 3.84. The van der Waals surface area contributed by atoms with Crippen molar-refractivity contribution >= 4 is 5.78 Å². The van der Waals surface area contributed by atoms with Crippen LogP contribution in [-0.4, -0.2) is 15.9 Å². The molecule has 0 fully saturated rings. The van der Waals surface area contributed by atoms with Gasteiger partial charge in [-0.2, -0.15) is 4.98 Å². The van der Waals surface area contributed by atoms with Crippen molar-refractivity contribution in [3.05, 3.63) is 47.4 Å². The zero-order valence-corrected chi connectivity index (χ0v) is 10.9. The third-order valence-corrected chi connectivity index (χ3v) is 2.96. The van der Waals surface area contributed by atoms with Gasteiger partial charge in [0.1, 0.15) is 11.6 Å². The van der Waals surface area contributed by atoms with E-state index in [0.717, 1.165) is 5.56 Å². The van der Waals surface area contributed by atoms with Gasteiger partial charge < -0.3 is 4.52 Å². The number of benzene rings is 1. The van der Waals surface area contributed by atoms with Crippen LogP contribution in [-0.2, 0) is 11.2 Å². The normalized spacial score (nSPS) is 12.4. The largest absolute Gasteiger partial charge is 0.339 e. The molecule has 1 heterocycles. The fraction of sp³-hybridized carbons (Fsp3) is 0.357. The molecule has 1 unspecified atom stereocenters. The summed E-state index contributed by atoms with van der Waals surface area (Å²) in [7, 11) is 0. The molecule has 0 amide bonds. The van der Waals surface area contributed by atoms with Gasteiger partial charge in [0.05, 0.1) is 5.92 Å². The molecule has 100 valence electrons. The Kier molecular flexibility index (Phi) is 4.04. The van der Waals surface area contributed by atoms with Crippen LogP contribution in [0, 0.1) is 5.82 Å². The molecule has 0 saturated carbocycles. The molecule has 1 aromatic heterocycles. The molecular weight excluding hydrogens is 247 g/mol. The highest BCUT2D eigenvalue weighted by Gasteiger charge is 2.20. The molecule has 0 N–H and O–H groups in total. The summed E-state index contributed by atoms with van der Waals surface area (Å²) >= 11 is 0. The Morgan fingerprint density at radius 3 is 2.68 bits per heavy atom. The van der Waals surface area contributed by atoms with Gasteiger partial charge in [0, 0.05) is 12.8 Å². The van der Waals surface area contributed by atoms with Crippen LogP contribution in [0.25, 0.3) is 0 Å². The van der Waals surface area contributed by atoms with Gasteiger partial charge in [0.25, 0.3) is 0 Å². The Morgan fingerprint density at radius 2 is 2.05 bits per heavy atom. The van der Waals surface area contributed by atoms with Crippen molar-refractivity contribution in [2.75, 3.05) is 0 Å². The SMILES string of the molecule is CCC(=O)C(C)c1nc(Cc2ccc(F)cc2)no1. The molecule has 0 radical (unpaired) electrons. The maximum absolute atomic E-state index is 12.8. The van der Waals surface area contributed by atoms with E-state index in [2.05, 4.69) is 10.1 Å². The predicted octanol–water partition coefficient (Wildman–Crippen LogP) is 2.88. The first-order chi connectivity index (χ1) is 9.10. The van der Waals surface area contributed by atoms with E-state index in [1.54, 1.807) is 26.0 Å². The van der Waals surface area contributed by atoms with Crippen molar-refractivity contribution in [2.45, 2.75) is 32.6 Å². The van der Waals surface area contributed by atoms with E-state index in [9.17, 15) is 9.18 Å². The van der Waals surface area contributed by atoms with Gasteiger partial charge >= 0.3 is 0 Å². The molecule has 0 bridgehead atoms. The fourth-order valence-electron chi connectivity index (χ4n) is 1.74. The van der Waals surface area contributed by atoms with Gasteiger partial charge in [-0.1, -0.05) is 24.2 Å². The average molecular weight is 262 g/mol. The van der Waals surface area contributed by atoms with E-state index in [0.29, 0.717) is 24.6 Å². The number of hydrogen-bond donors (Lipinski definition) is 0. The minimum Gasteiger partial charge on any atom is -0.339 e. The number of carbonyl (C=O) groups excluding carboxylic acids is 1. The van der Waals surface area contributed by atoms with E-state index in [1.807, 2.05) is 0 Å². The molecule has 1 aromatic carbocycles. The first-order valence-electron chi connectivity index (χ1n) is 6.19. The van der Waals surface area contributed by atoms with Crippen LogP contribution in [0.4, 0.5) is 4.39 Å². The van der Waals surface area contributed by atoms with E-state index >= 15 is 0 Å². The molecule has 0 saturated heterocycles. The molecule has 19 heavy (non-hydrogen) atoms. The number of nitrogens with zero attached hydrogens (tertiary/aromatic N) is 2. The molecule has 0 aliphatic carbocycles. The van der Waals surface area contributed by atoms with Gasteiger partial charge in [0.15, 0.2) is 5.82 Å². The summed E-state index contributed by atoms with van der Waals surface area (Å²) in [5.74, 6) is 0.248. The average Bonchev–Trinajstić information content (AvgIpc) is 2.88. The summed E-state index contributed by atoms with van der Waals surface area (Å²) in [6.07, 6.45) is 0.896. The van der Waals surface area contributed by atoms with Crippen LogP contribution in [0.5, 0.6) is 0 Å². The number of Topliss-reactive ketones (excluding diaryl/α,β-unsaturated/α-hetero) is 1. The van der Waals surface area contributed by atoms with Crippen LogP contribution in [0.2, 0.25) is 0 Å². The van der Waals surface area contributed by atoms with Crippen LogP contribution in [0.15, 0.2) is 28.8 Å². The second-order valence-electron chi connectivity index (χ2n) is 4.39. The van der Waals surface area contributed by atoms with Crippen LogP contribution in [0.3, 0.4) is 0 Å². The Balaban J connectivity index is 2.09. The van der Waals surface area contributed by atoms with Crippen molar-refractivity contribution in [1.82, 2.24) is 10.1 Å². The number of hydrogen-bond acceptors (Lipinski definition) is 4. The number of halogens is 1. The fourth-order valence-corrected chi connectivity index (χ4v) is 1.74. The van der Waals surface area contributed by atoms with Gasteiger partial charge in [-0.25, -0.2) is 4.39 Å². The Hall–Kier alpha value is -2.04. The maximum atomic E-state index is 12.8. The van der Waals surface area contributed by atoms with E-state index in [1.165, 1.54) is 12.1 Å².